The largest absolute Gasteiger partial charge is 0.468 e. The van der Waals surface area contributed by atoms with Crippen LogP contribution in [0.5, 0.6) is 0 Å². The average molecular weight is 633 g/mol. The topological polar surface area (TPSA) is 139 Å². The van der Waals surface area contributed by atoms with Crippen molar-refractivity contribution >= 4 is 45.1 Å². The molecule has 8 nitrogen and oxygen atoms in total. The van der Waals surface area contributed by atoms with Gasteiger partial charge in [-0.25, -0.2) is 0 Å². The van der Waals surface area contributed by atoms with Crippen LogP contribution in [0.15, 0.2) is 0 Å². The standard InChI is InChI=1S/C32H60N2O6S2/c1-5-7-9-11-13-15-17-19-21-23-27(35)32(29(34)31(38)40-4,42-41-25-26(33)30(37)39-3)28(36)24-22-20-18-16-14-12-10-8-6-2/h26,29H,5-25,33-34H2,1-4H3/t26-,29+/m0/s1. The summed E-state index contributed by atoms with van der Waals surface area (Å²) in [5.41, 5.74) is 12.3. The highest BCUT2D eigenvalue weighted by Gasteiger charge is 2.53. The minimum Gasteiger partial charge on any atom is -0.468 e. The van der Waals surface area contributed by atoms with E-state index in [0.29, 0.717) is 12.8 Å². The van der Waals surface area contributed by atoms with Gasteiger partial charge in [0.1, 0.15) is 12.1 Å². The quantitative estimate of drug-likeness (QED) is 0.0380. The number of hydrogen-bond donors (Lipinski definition) is 2. The minimum atomic E-state index is -1.80. The summed E-state index contributed by atoms with van der Waals surface area (Å²) in [6.45, 7) is 4.41. The van der Waals surface area contributed by atoms with Crippen molar-refractivity contribution < 1.29 is 28.7 Å². The highest BCUT2D eigenvalue weighted by atomic mass is 33.1. The molecule has 10 heteroatoms. The molecule has 0 saturated carbocycles. The highest BCUT2D eigenvalue weighted by molar-refractivity contribution is 8.77. The fourth-order valence-electron chi connectivity index (χ4n) is 4.92. The van der Waals surface area contributed by atoms with Gasteiger partial charge in [0, 0.05) is 18.6 Å². The van der Waals surface area contributed by atoms with Gasteiger partial charge in [-0.15, -0.1) is 0 Å². The lowest BCUT2D eigenvalue weighted by atomic mass is 9.85. The monoisotopic (exact) mass is 632 g/mol. The Morgan fingerprint density at radius 1 is 0.595 bits per heavy atom. The summed E-state index contributed by atoms with van der Waals surface area (Å²) >= 11 is 0. The lowest BCUT2D eigenvalue weighted by molar-refractivity contribution is -0.147. The maximum Gasteiger partial charge on any atom is 0.325 e. The number of unbranched alkanes of at least 4 members (excludes halogenated alkanes) is 16. The van der Waals surface area contributed by atoms with Crippen LogP contribution in [-0.2, 0) is 28.7 Å². The Morgan fingerprint density at radius 2 is 0.952 bits per heavy atom. The van der Waals surface area contributed by atoms with E-state index < -0.39 is 28.8 Å². The van der Waals surface area contributed by atoms with Gasteiger partial charge >= 0.3 is 11.9 Å². The molecular weight excluding hydrogens is 572 g/mol. The van der Waals surface area contributed by atoms with Crippen LogP contribution in [0.3, 0.4) is 0 Å². The predicted octanol–water partition coefficient (Wildman–Crippen LogP) is 7.09. The second kappa shape index (κ2) is 26.3. The van der Waals surface area contributed by atoms with Crippen molar-refractivity contribution in [3.63, 3.8) is 0 Å². The fraction of sp³-hybridized carbons (Fsp3) is 0.875. The van der Waals surface area contributed by atoms with E-state index in [4.69, 9.17) is 20.9 Å². The van der Waals surface area contributed by atoms with Crippen molar-refractivity contribution in [3.8, 4) is 0 Å². The number of carbonyl (C=O) groups is 4. The van der Waals surface area contributed by atoms with Gasteiger partial charge in [-0.3, -0.25) is 19.2 Å². The van der Waals surface area contributed by atoms with Crippen LogP contribution in [-0.4, -0.2) is 60.3 Å². The molecule has 4 N–H and O–H groups in total. The molecule has 0 radical (unpaired) electrons. The molecule has 0 aliphatic rings. The highest BCUT2D eigenvalue weighted by Crippen LogP contribution is 2.42. The van der Waals surface area contributed by atoms with Gasteiger partial charge in [-0.2, -0.15) is 0 Å². The molecule has 0 spiro atoms. The Bertz CT molecular complexity index is 719. The van der Waals surface area contributed by atoms with Crippen molar-refractivity contribution in [1.82, 2.24) is 0 Å². The third-order valence-electron chi connectivity index (χ3n) is 7.68. The van der Waals surface area contributed by atoms with Crippen LogP contribution in [0.1, 0.15) is 142 Å². The van der Waals surface area contributed by atoms with Crippen LogP contribution < -0.4 is 11.5 Å². The van der Waals surface area contributed by atoms with Crippen LogP contribution in [0.4, 0.5) is 0 Å². The van der Waals surface area contributed by atoms with E-state index in [0.717, 1.165) is 60.1 Å². The molecule has 0 rings (SSSR count). The van der Waals surface area contributed by atoms with Gasteiger partial charge in [-0.05, 0) is 12.8 Å². The van der Waals surface area contributed by atoms with Crippen molar-refractivity contribution in [3.05, 3.63) is 0 Å². The van der Waals surface area contributed by atoms with E-state index in [9.17, 15) is 19.2 Å². The van der Waals surface area contributed by atoms with Gasteiger partial charge < -0.3 is 20.9 Å². The van der Waals surface area contributed by atoms with Crippen molar-refractivity contribution in [2.45, 2.75) is 159 Å². The molecule has 0 saturated heterocycles. The fourth-order valence-corrected chi connectivity index (χ4v) is 8.12. The number of carbonyl (C=O) groups excluding carboxylic acids is 4. The summed E-state index contributed by atoms with van der Waals surface area (Å²) in [7, 11) is 4.51. The van der Waals surface area contributed by atoms with E-state index in [2.05, 4.69) is 13.8 Å². The molecule has 0 amide bonds. The maximum absolute atomic E-state index is 13.8. The number of rotatable bonds is 29. The second-order valence-electron chi connectivity index (χ2n) is 11.2. The Labute approximate surface area is 263 Å². The van der Waals surface area contributed by atoms with Crippen LogP contribution in [0.25, 0.3) is 0 Å². The molecule has 246 valence electrons. The van der Waals surface area contributed by atoms with Crippen molar-refractivity contribution in [1.29, 1.82) is 0 Å². The molecule has 0 aromatic rings. The molecule has 42 heavy (non-hydrogen) atoms. The summed E-state index contributed by atoms with van der Waals surface area (Å²) < 4.78 is 7.81. The van der Waals surface area contributed by atoms with Crippen molar-refractivity contribution in [2.75, 3.05) is 20.0 Å². The van der Waals surface area contributed by atoms with Gasteiger partial charge in [0.05, 0.1) is 14.2 Å². The smallest absolute Gasteiger partial charge is 0.325 e. The van der Waals surface area contributed by atoms with E-state index >= 15 is 0 Å². The molecule has 0 unspecified atom stereocenters. The lowest BCUT2D eigenvalue weighted by Crippen LogP contribution is -2.60. The van der Waals surface area contributed by atoms with E-state index in [1.54, 1.807) is 0 Å². The number of ketones is 2. The average Bonchev–Trinajstić information content (AvgIpc) is 2.99. The van der Waals surface area contributed by atoms with E-state index in [1.807, 2.05) is 0 Å². The zero-order valence-electron chi connectivity index (χ0n) is 26.9. The molecule has 0 aromatic heterocycles. The zero-order valence-corrected chi connectivity index (χ0v) is 28.6. The van der Waals surface area contributed by atoms with Crippen LogP contribution in [0.2, 0.25) is 0 Å². The SMILES string of the molecule is CCCCCCCCCCCC(=O)C(SSC[C@H](N)C(=O)OC)(C(=O)CCCCCCCCCCC)[C@H](N)C(=O)OC. The first-order chi connectivity index (χ1) is 20.2. The molecule has 0 heterocycles. The van der Waals surface area contributed by atoms with Gasteiger partial charge in [0.15, 0.2) is 16.3 Å². The molecule has 0 aliphatic carbocycles. The Hall–Kier alpha value is -1.10. The Morgan fingerprint density at radius 3 is 1.31 bits per heavy atom. The molecule has 0 bridgehead atoms. The predicted molar refractivity (Wildman–Crippen MR) is 176 cm³/mol. The minimum absolute atomic E-state index is 0.101. The molecule has 0 aliphatic heterocycles. The third kappa shape index (κ3) is 16.7. The Balaban J connectivity index is 5.40. The second-order valence-corrected chi connectivity index (χ2v) is 13.8. The molecule has 2 atom stereocenters. The van der Waals surface area contributed by atoms with Crippen LogP contribution >= 0.6 is 21.6 Å². The van der Waals surface area contributed by atoms with Crippen LogP contribution in [0, 0.1) is 0 Å². The third-order valence-corrected chi connectivity index (χ3v) is 10.8. The summed E-state index contributed by atoms with van der Waals surface area (Å²) in [4.78, 5) is 52.2. The summed E-state index contributed by atoms with van der Waals surface area (Å²) in [6, 6.07) is -2.38. The maximum atomic E-state index is 13.8. The van der Waals surface area contributed by atoms with Gasteiger partial charge in [0.25, 0.3) is 0 Å². The van der Waals surface area contributed by atoms with E-state index in [-0.39, 0.29) is 30.2 Å². The normalized spacial score (nSPS) is 13.0. The lowest BCUT2D eigenvalue weighted by Gasteiger charge is -2.34. The van der Waals surface area contributed by atoms with Gasteiger partial charge in [-0.1, -0.05) is 138 Å². The first-order valence-corrected chi connectivity index (χ1v) is 18.6. The Kier molecular flexibility index (Phi) is 25.6. The molecule has 0 fully saturated rings. The number of methoxy groups -OCH3 is 2. The molecule has 0 aromatic carbocycles. The number of hydrogen-bond acceptors (Lipinski definition) is 10. The summed E-state index contributed by atoms with van der Waals surface area (Å²) in [6.07, 6.45) is 20.0. The first-order valence-electron chi connectivity index (χ1n) is 16.3. The molecular formula is C32H60N2O6S2. The number of Topliss-reactive ketones (excluding diaryl/α,β-unsaturated/α-hetero) is 2. The first kappa shape index (κ1) is 40.9. The van der Waals surface area contributed by atoms with E-state index in [1.165, 1.54) is 78.4 Å². The zero-order chi connectivity index (χ0) is 31.6. The number of nitrogens with two attached hydrogens (primary N) is 2. The summed E-state index contributed by atoms with van der Waals surface area (Å²) in [5.74, 6) is -2.00. The van der Waals surface area contributed by atoms with Gasteiger partial charge in [0.2, 0.25) is 0 Å². The summed E-state index contributed by atoms with van der Waals surface area (Å²) in [5, 5.41) is 0. The van der Waals surface area contributed by atoms with Crippen molar-refractivity contribution in [2.24, 2.45) is 11.5 Å². The number of esters is 2. The number of ether oxygens (including phenoxy) is 2.